The summed E-state index contributed by atoms with van der Waals surface area (Å²) in [4.78, 5) is 9.47. The van der Waals surface area contributed by atoms with Gasteiger partial charge in [0.25, 0.3) is 0 Å². The quantitative estimate of drug-likeness (QED) is 0.605. The number of hydrogen-bond acceptors (Lipinski definition) is 3. The van der Waals surface area contributed by atoms with Crippen LogP contribution in [0.5, 0.6) is 0 Å². The molecule has 0 spiro atoms. The van der Waals surface area contributed by atoms with Crippen LogP contribution >= 0.6 is 6.19 Å². The second-order valence-corrected chi connectivity index (χ2v) is 7.04. The van der Waals surface area contributed by atoms with Crippen LogP contribution in [0.1, 0.15) is 27.7 Å². The van der Waals surface area contributed by atoms with E-state index in [1.165, 1.54) is 0 Å². The van der Waals surface area contributed by atoms with Crippen LogP contribution in [0.4, 0.5) is 0 Å². The Bertz CT molecular complexity index is 144. The maximum atomic E-state index is 9.47. The van der Waals surface area contributed by atoms with Gasteiger partial charge in [0.05, 0.1) is 0 Å². The fourth-order valence-electron chi connectivity index (χ4n) is 0.558. The van der Waals surface area contributed by atoms with E-state index in [1.54, 1.807) is 0 Å². The topological polar surface area (TPSA) is 38.7 Å². The number of hydrogen-bond donors (Lipinski definition) is 1. The number of rotatable bonds is 4. The van der Waals surface area contributed by atoms with Crippen molar-refractivity contribution < 1.29 is 13.9 Å². The van der Waals surface area contributed by atoms with E-state index in [9.17, 15) is 4.89 Å². The Hall–Kier alpha value is 0.829. The van der Waals surface area contributed by atoms with E-state index in [1.807, 2.05) is 27.7 Å². The molecule has 0 radical (unpaired) electrons. The molecule has 0 aliphatic rings. The third-order valence-corrected chi connectivity index (χ3v) is 3.15. The molecule has 0 aromatic carbocycles. The molecule has 0 aromatic heterocycles. The van der Waals surface area contributed by atoms with Crippen LogP contribution < -0.4 is 0 Å². The van der Waals surface area contributed by atoms with Gasteiger partial charge in [0.1, 0.15) is 0 Å². The molecule has 0 unspecified atom stereocenters. The van der Waals surface area contributed by atoms with Crippen molar-refractivity contribution in [2.75, 3.05) is 0 Å². The summed E-state index contributed by atoms with van der Waals surface area (Å²) < 4.78 is 10.3. The van der Waals surface area contributed by atoms with Gasteiger partial charge >= 0.3 is 75.1 Å². The van der Waals surface area contributed by atoms with Gasteiger partial charge in [-0.2, -0.15) is 0 Å². The first-order valence-electron chi connectivity index (χ1n) is 3.53. The van der Waals surface area contributed by atoms with Crippen LogP contribution in [0.15, 0.2) is 0 Å². The third-order valence-electron chi connectivity index (χ3n) is 0.688. The summed E-state index contributed by atoms with van der Waals surface area (Å²) in [5.74, 6) is 0. The summed E-state index contributed by atoms with van der Waals surface area (Å²) in [5.41, 5.74) is 0. The van der Waals surface area contributed by atoms with Crippen molar-refractivity contribution in [1.82, 2.24) is 0 Å². The van der Waals surface area contributed by atoms with E-state index >= 15 is 0 Å². The predicted octanol–water partition coefficient (Wildman–Crippen LogP) is 1.67. The van der Waals surface area contributed by atoms with Gasteiger partial charge in [-0.1, -0.05) is 0 Å². The molecule has 0 aliphatic carbocycles. The molecule has 0 aliphatic heterocycles. The zero-order chi connectivity index (χ0) is 9.07. The zero-order valence-electron chi connectivity index (χ0n) is 7.27. The maximum absolute atomic E-state index is 9.47. The summed E-state index contributed by atoms with van der Waals surface area (Å²) in [7, 11) is 0. The monoisotopic (exact) mass is 246 g/mol. The molecule has 0 atom stereocenters. The van der Waals surface area contributed by atoms with E-state index in [2.05, 4.69) is 15.1 Å². The molecule has 5 heteroatoms. The summed E-state index contributed by atoms with van der Waals surface area (Å²) in [6.45, 7) is 7.41. The van der Waals surface area contributed by atoms with Gasteiger partial charge < -0.3 is 0 Å². The Morgan fingerprint density at radius 3 is 1.55 bits per heavy atom. The van der Waals surface area contributed by atoms with Crippen LogP contribution in [-0.2, 0) is 9.05 Å². The second kappa shape index (κ2) is 4.76. The van der Waals surface area contributed by atoms with Gasteiger partial charge in [-0.15, -0.1) is 0 Å². The summed E-state index contributed by atoms with van der Waals surface area (Å²) in [6.07, 6.45) is -2.72. The van der Waals surface area contributed by atoms with Crippen molar-refractivity contribution in [3.63, 3.8) is 0 Å². The first-order chi connectivity index (χ1) is 4.83. The Labute approximate surface area is 75.6 Å². The van der Waals surface area contributed by atoms with Crippen LogP contribution in [0.2, 0.25) is 0 Å². The molecule has 0 heterocycles. The second-order valence-electron chi connectivity index (χ2n) is 2.78. The van der Waals surface area contributed by atoms with E-state index in [0.29, 0.717) is 0 Å². The van der Waals surface area contributed by atoms with Gasteiger partial charge in [0, 0.05) is 0 Å². The van der Waals surface area contributed by atoms with E-state index in [-0.39, 0.29) is 12.2 Å². The summed E-state index contributed by atoms with van der Waals surface area (Å²) in [5, 5.41) is 0. The van der Waals surface area contributed by atoms with Gasteiger partial charge in [0.15, 0.2) is 0 Å². The minimum atomic E-state index is -2.68. The Kier molecular flexibility index (Phi) is 5.12. The SMILES string of the molecule is CC(C)OP(O)(=[Se])OC(C)C. The summed E-state index contributed by atoms with van der Waals surface area (Å²) >= 11 is 2.54. The molecule has 0 fully saturated rings. The molecule has 0 rings (SSSR count). The predicted molar refractivity (Wildman–Crippen MR) is 47.3 cm³/mol. The molecule has 0 bridgehead atoms. The van der Waals surface area contributed by atoms with Gasteiger partial charge in [-0.3, -0.25) is 0 Å². The molecule has 0 amide bonds. The molecule has 0 saturated heterocycles. The van der Waals surface area contributed by atoms with E-state index in [4.69, 9.17) is 9.05 Å². The van der Waals surface area contributed by atoms with Gasteiger partial charge in [0.2, 0.25) is 0 Å². The molecule has 0 aromatic rings. The normalized spacial score (nSPS) is 13.0. The molecule has 11 heavy (non-hydrogen) atoms. The molecule has 0 saturated carbocycles. The van der Waals surface area contributed by atoms with Gasteiger partial charge in [-0.25, -0.2) is 0 Å². The first-order valence-corrected chi connectivity index (χ1v) is 7.32. The Morgan fingerprint density at radius 2 is 1.36 bits per heavy atom. The van der Waals surface area contributed by atoms with Gasteiger partial charge in [-0.05, 0) is 0 Å². The Morgan fingerprint density at radius 1 is 1.09 bits per heavy atom. The molecular formula is C6H15O3PSe. The van der Waals surface area contributed by atoms with Crippen LogP contribution in [0, 0.1) is 0 Å². The van der Waals surface area contributed by atoms with Crippen LogP contribution in [0.25, 0.3) is 0 Å². The molecule has 68 valence electrons. The zero-order valence-corrected chi connectivity index (χ0v) is 9.88. The average Bonchev–Trinajstić information content (AvgIpc) is 1.53. The van der Waals surface area contributed by atoms with E-state index in [0.717, 1.165) is 0 Å². The standard InChI is InChI=1S/C6H15O3PSe/c1-5(2)8-10(7,11)9-6(3)4/h5-6H,1-4H3,(H,7,11). The van der Waals surface area contributed by atoms with Crippen molar-refractivity contribution in [3.05, 3.63) is 0 Å². The minimum absolute atomic E-state index is 0.0201. The van der Waals surface area contributed by atoms with Crippen molar-refractivity contribution in [3.8, 4) is 0 Å². The van der Waals surface area contributed by atoms with Crippen molar-refractivity contribution in [2.45, 2.75) is 39.9 Å². The van der Waals surface area contributed by atoms with Crippen LogP contribution in [-0.4, -0.2) is 32.2 Å². The average molecular weight is 245 g/mol. The first kappa shape index (κ1) is 11.8. The molecule has 3 nitrogen and oxygen atoms in total. The third kappa shape index (κ3) is 7.20. The Balaban J connectivity index is 3.91. The fourth-order valence-corrected chi connectivity index (χ4v) is 3.84. The van der Waals surface area contributed by atoms with Crippen molar-refractivity contribution in [1.29, 1.82) is 0 Å². The van der Waals surface area contributed by atoms with Crippen molar-refractivity contribution in [2.24, 2.45) is 0 Å². The fraction of sp³-hybridized carbons (Fsp3) is 1.00. The molecule has 1 N–H and O–H groups in total. The summed E-state index contributed by atoms with van der Waals surface area (Å²) in [6, 6.07) is 0. The molecular weight excluding hydrogens is 230 g/mol. The van der Waals surface area contributed by atoms with Crippen LogP contribution in [0.3, 0.4) is 0 Å². The van der Waals surface area contributed by atoms with E-state index < -0.39 is 6.19 Å². The van der Waals surface area contributed by atoms with Crippen molar-refractivity contribution >= 4 is 21.3 Å².